The van der Waals surface area contributed by atoms with E-state index in [4.69, 9.17) is 0 Å². The number of anilines is 2. The SMILES string of the molecule is O=C(CSc1n[nH]c(-c2ccccc2F)n1)Nc1ccccc1C(=O)Nc1ccc(F)cc1. The van der Waals surface area contributed by atoms with Crippen molar-refractivity contribution in [3.63, 3.8) is 0 Å². The Morgan fingerprint density at radius 1 is 0.909 bits per heavy atom. The first-order chi connectivity index (χ1) is 16.0. The summed E-state index contributed by atoms with van der Waals surface area (Å²) in [5.74, 6) is -1.43. The van der Waals surface area contributed by atoms with Gasteiger partial charge in [-0.2, -0.15) is 0 Å². The van der Waals surface area contributed by atoms with E-state index in [1.807, 2.05) is 0 Å². The molecule has 0 unspecified atom stereocenters. The van der Waals surface area contributed by atoms with Gasteiger partial charge in [0.1, 0.15) is 11.6 Å². The summed E-state index contributed by atoms with van der Waals surface area (Å²) >= 11 is 1.06. The van der Waals surface area contributed by atoms with E-state index in [2.05, 4.69) is 25.8 Å². The summed E-state index contributed by atoms with van der Waals surface area (Å²) in [5, 5.41) is 12.3. The third-order valence-corrected chi connectivity index (χ3v) is 5.32. The van der Waals surface area contributed by atoms with Gasteiger partial charge in [-0.25, -0.2) is 13.8 Å². The van der Waals surface area contributed by atoms with Crippen LogP contribution in [0.1, 0.15) is 10.4 Å². The number of hydrogen-bond donors (Lipinski definition) is 3. The fraction of sp³-hybridized carbons (Fsp3) is 0.0435. The number of aromatic amines is 1. The predicted molar refractivity (Wildman–Crippen MR) is 122 cm³/mol. The number of H-pyrrole nitrogens is 1. The first-order valence-electron chi connectivity index (χ1n) is 9.75. The molecule has 0 fully saturated rings. The van der Waals surface area contributed by atoms with E-state index in [1.165, 1.54) is 30.3 Å². The number of nitrogens with one attached hydrogen (secondary N) is 3. The third-order valence-electron chi connectivity index (χ3n) is 4.47. The highest BCUT2D eigenvalue weighted by atomic mass is 32.2. The van der Waals surface area contributed by atoms with E-state index < -0.39 is 17.5 Å². The number of hydrogen-bond acceptors (Lipinski definition) is 5. The topological polar surface area (TPSA) is 99.8 Å². The second-order valence-electron chi connectivity index (χ2n) is 6.79. The molecule has 3 aromatic carbocycles. The summed E-state index contributed by atoms with van der Waals surface area (Å²) in [4.78, 5) is 29.3. The summed E-state index contributed by atoms with van der Waals surface area (Å²) in [7, 11) is 0. The van der Waals surface area contributed by atoms with E-state index in [1.54, 1.807) is 42.5 Å². The van der Waals surface area contributed by atoms with Gasteiger partial charge in [0.15, 0.2) is 5.82 Å². The number of thioether (sulfide) groups is 1. The Bertz CT molecular complexity index is 1290. The molecule has 0 radical (unpaired) electrons. The average molecular weight is 465 g/mol. The third kappa shape index (κ3) is 5.60. The van der Waals surface area contributed by atoms with E-state index >= 15 is 0 Å². The van der Waals surface area contributed by atoms with Crippen molar-refractivity contribution in [2.24, 2.45) is 0 Å². The lowest BCUT2D eigenvalue weighted by atomic mass is 10.1. The second kappa shape index (κ2) is 10.0. The van der Waals surface area contributed by atoms with Crippen molar-refractivity contribution in [2.45, 2.75) is 5.16 Å². The van der Waals surface area contributed by atoms with Gasteiger partial charge in [-0.05, 0) is 48.5 Å². The molecule has 3 N–H and O–H groups in total. The van der Waals surface area contributed by atoms with Gasteiger partial charge < -0.3 is 10.6 Å². The number of carbonyl (C=O) groups is 2. The zero-order valence-corrected chi connectivity index (χ0v) is 17.8. The lowest BCUT2D eigenvalue weighted by Crippen LogP contribution is -2.19. The number of para-hydroxylation sites is 1. The van der Waals surface area contributed by atoms with Gasteiger partial charge in [-0.15, -0.1) is 5.10 Å². The molecule has 10 heteroatoms. The number of aromatic nitrogens is 3. The van der Waals surface area contributed by atoms with Gasteiger partial charge in [-0.3, -0.25) is 14.7 Å². The maximum atomic E-state index is 13.9. The minimum absolute atomic E-state index is 0.0253. The molecule has 1 heterocycles. The molecule has 0 saturated carbocycles. The molecule has 0 bridgehead atoms. The van der Waals surface area contributed by atoms with Crippen molar-refractivity contribution in [3.8, 4) is 11.4 Å². The van der Waals surface area contributed by atoms with Gasteiger partial charge in [0, 0.05) is 5.69 Å². The highest BCUT2D eigenvalue weighted by Crippen LogP contribution is 2.22. The summed E-state index contributed by atoms with van der Waals surface area (Å²) in [6.07, 6.45) is 0. The van der Waals surface area contributed by atoms with Crippen LogP contribution in [0.4, 0.5) is 20.2 Å². The van der Waals surface area contributed by atoms with Crippen LogP contribution < -0.4 is 10.6 Å². The zero-order valence-electron chi connectivity index (χ0n) is 17.0. The Labute approximate surface area is 191 Å². The minimum atomic E-state index is -0.450. The zero-order chi connectivity index (χ0) is 23.2. The first kappa shape index (κ1) is 22.2. The highest BCUT2D eigenvalue weighted by molar-refractivity contribution is 7.99. The molecule has 4 aromatic rings. The molecule has 4 rings (SSSR count). The van der Waals surface area contributed by atoms with Crippen LogP contribution in [0, 0.1) is 11.6 Å². The first-order valence-corrected chi connectivity index (χ1v) is 10.7. The second-order valence-corrected chi connectivity index (χ2v) is 7.73. The number of amides is 2. The standard InChI is InChI=1S/C23H17F2N5O2S/c24-14-9-11-15(12-10-14)26-22(32)17-6-2-4-8-19(17)27-20(31)13-33-23-28-21(29-30-23)16-5-1-3-7-18(16)25/h1-12H,13H2,(H,26,32)(H,27,31)(H,28,29,30). The highest BCUT2D eigenvalue weighted by Gasteiger charge is 2.15. The summed E-state index contributed by atoms with van der Waals surface area (Å²) in [5.41, 5.74) is 1.28. The van der Waals surface area contributed by atoms with Gasteiger partial charge in [0.05, 0.1) is 22.6 Å². The monoisotopic (exact) mass is 465 g/mol. The summed E-state index contributed by atoms with van der Waals surface area (Å²) in [6, 6.07) is 18.0. The van der Waals surface area contributed by atoms with Crippen LogP contribution in [-0.4, -0.2) is 32.7 Å². The Hall–Kier alpha value is -4.05. The summed E-state index contributed by atoms with van der Waals surface area (Å²) in [6.45, 7) is 0. The van der Waals surface area contributed by atoms with Crippen LogP contribution in [0.5, 0.6) is 0 Å². The largest absolute Gasteiger partial charge is 0.325 e. The lowest BCUT2D eigenvalue weighted by molar-refractivity contribution is -0.113. The molecule has 0 aliphatic carbocycles. The fourth-order valence-corrected chi connectivity index (χ4v) is 3.52. The maximum absolute atomic E-state index is 13.9. The van der Waals surface area contributed by atoms with Crippen molar-refractivity contribution >= 4 is 35.0 Å². The molecule has 0 saturated heterocycles. The van der Waals surface area contributed by atoms with Crippen molar-refractivity contribution in [1.29, 1.82) is 0 Å². The van der Waals surface area contributed by atoms with Crippen LogP contribution >= 0.6 is 11.8 Å². The van der Waals surface area contributed by atoms with Crippen molar-refractivity contribution in [2.75, 3.05) is 16.4 Å². The predicted octanol–water partition coefficient (Wildman–Crippen LogP) is 4.73. The Morgan fingerprint density at radius 2 is 1.64 bits per heavy atom. The molecular formula is C23H17F2N5O2S. The maximum Gasteiger partial charge on any atom is 0.257 e. The Balaban J connectivity index is 1.38. The number of carbonyl (C=O) groups excluding carboxylic acids is 2. The quantitative estimate of drug-likeness (QED) is 0.343. The van der Waals surface area contributed by atoms with Crippen molar-refractivity contribution in [3.05, 3.63) is 90.0 Å². The average Bonchev–Trinajstić information content (AvgIpc) is 3.29. The van der Waals surface area contributed by atoms with Crippen molar-refractivity contribution in [1.82, 2.24) is 15.2 Å². The van der Waals surface area contributed by atoms with Gasteiger partial charge in [0.25, 0.3) is 5.91 Å². The number of benzene rings is 3. The molecule has 1 aromatic heterocycles. The smallest absolute Gasteiger partial charge is 0.257 e. The lowest BCUT2D eigenvalue weighted by Gasteiger charge is -2.11. The van der Waals surface area contributed by atoms with Gasteiger partial charge >= 0.3 is 0 Å². The molecular weight excluding hydrogens is 448 g/mol. The summed E-state index contributed by atoms with van der Waals surface area (Å²) < 4.78 is 27.0. The number of nitrogens with zero attached hydrogens (tertiary/aromatic N) is 2. The van der Waals surface area contributed by atoms with Gasteiger partial charge in [0.2, 0.25) is 11.1 Å². The molecule has 2 amide bonds. The molecule has 166 valence electrons. The molecule has 0 aliphatic rings. The van der Waals surface area contributed by atoms with Crippen LogP contribution in [-0.2, 0) is 4.79 Å². The number of halogens is 2. The van der Waals surface area contributed by atoms with E-state index in [0.717, 1.165) is 11.8 Å². The fourth-order valence-electron chi connectivity index (χ4n) is 2.92. The van der Waals surface area contributed by atoms with Crippen LogP contribution in [0.3, 0.4) is 0 Å². The number of rotatable bonds is 7. The molecule has 0 atom stereocenters. The van der Waals surface area contributed by atoms with Crippen LogP contribution in [0.2, 0.25) is 0 Å². The van der Waals surface area contributed by atoms with Gasteiger partial charge in [-0.1, -0.05) is 36.0 Å². The van der Waals surface area contributed by atoms with E-state index in [-0.39, 0.29) is 33.8 Å². The Morgan fingerprint density at radius 3 is 2.42 bits per heavy atom. The van der Waals surface area contributed by atoms with Crippen LogP contribution in [0.25, 0.3) is 11.4 Å². The molecule has 7 nitrogen and oxygen atoms in total. The van der Waals surface area contributed by atoms with E-state index in [9.17, 15) is 18.4 Å². The molecule has 33 heavy (non-hydrogen) atoms. The van der Waals surface area contributed by atoms with E-state index in [0.29, 0.717) is 11.4 Å². The normalized spacial score (nSPS) is 10.6. The minimum Gasteiger partial charge on any atom is -0.325 e. The van der Waals surface area contributed by atoms with Crippen molar-refractivity contribution < 1.29 is 18.4 Å². The Kier molecular flexibility index (Phi) is 6.75. The van der Waals surface area contributed by atoms with Crippen LogP contribution in [0.15, 0.2) is 78.0 Å². The molecule has 0 aliphatic heterocycles. The molecule has 0 spiro atoms.